The summed E-state index contributed by atoms with van der Waals surface area (Å²) in [6.45, 7) is 3.43. The first-order valence-electron chi connectivity index (χ1n) is 4.53. The van der Waals surface area contributed by atoms with Crippen molar-refractivity contribution in [2.24, 2.45) is 0 Å². The van der Waals surface area contributed by atoms with Crippen LogP contribution in [-0.4, -0.2) is 28.9 Å². The molecular formula is C9H14FN3O. The third kappa shape index (κ3) is 2.55. The van der Waals surface area contributed by atoms with E-state index in [0.29, 0.717) is 5.56 Å². The third-order valence-electron chi connectivity index (χ3n) is 1.77. The van der Waals surface area contributed by atoms with Crippen molar-refractivity contribution in [3.63, 3.8) is 0 Å². The first-order chi connectivity index (χ1) is 6.65. The van der Waals surface area contributed by atoms with Crippen molar-refractivity contribution < 1.29 is 9.18 Å². The maximum absolute atomic E-state index is 11.8. The minimum absolute atomic E-state index is 0.0473. The predicted molar refractivity (Wildman–Crippen MR) is 50.9 cm³/mol. The van der Waals surface area contributed by atoms with Crippen LogP contribution in [0.25, 0.3) is 0 Å². The van der Waals surface area contributed by atoms with Crippen molar-refractivity contribution in [2.45, 2.75) is 19.9 Å². The molecule has 0 bridgehead atoms. The van der Waals surface area contributed by atoms with Gasteiger partial charge in [-0.3, -0.25) is 9.48 Å². The molecule has 0 aromatic carbocycles. The molecule has 1 rings (SSSR count). The van der Waals surface area contributed by atoms with Gasteiger partial charge in [0.2, 0.25) is 0 Å². The Morgan fingerprint density at radius 1 is 1.71 bits per heavy atom. The monoisotopic (exact) mass is 199 g/mol. The van der Waals surface area contributed by atoms with E-state index >= 15 is 0 Å². The zero-order chi connectivity index (χ0) is 10.6. The van der Waals surface area contributed by atoms with Gasteiger partial charge in [0.25, 0.3) is 5.91 Å². The Kier molecular flexibility index (Phi) is 3.62. The Balaban J connectivity index is 2.62. The minimum Gasteiger partial charge on any atom is -0.349 e. The fourth-order valence-electron chi connectivity index (χ4n) is 1.00. The molecule has 4 nitrogen and oxygen atoms in total. The molecular weight excluding hydrogens is 185 g/mol. The Labute approximate surface area is 82.1 Å². The Bertz CT molecular complexity index is 309. The molecule has 1 amide bonds. The molecule has 0 saturated heterocycles. The summed E-state index contributed by atoms with van der Waals surface area (Å²) in [4.78, 5) is 11.3. The molecule has 0 fully saturated rings. The van der Waals surface area contributed by atoms with Gasteiger partial charge in [-0.05, 0) is 13.8 Å². The normalized spacial score (nSPS) is 10.6. The van der Waals surface area contributed by atoms with Gasteiger partial charge in [0.05, 0.1) is 11.8 Å². The number of rotatable bonds is 4. The van der Waals surface area contributed by atoms with Gasteiger partial charge < -0.3 is 5.32 Å². The summed E-state index contributed by atoms with van der Waals surface area (Å²) in [6, 6.07) is 0.220. The second kappa shape index (κ2) is 4.74. The number of aromatic nitrogens is 2. The van der Waals surface area contributed by atoms with Crippen LogP contribution in [0.3, 0.4) is 0 Å². The Hall–Kier alpha value is -1.39. The summed E-state index contributed by atoms with van der Waals surface area (Å²) in [5.41, 5.74) is 0.465. The second-order valence-corrected chi connectivity index (χ2v) is 3.25. The zero-order valence-corrected chi connectivity index (χ0v) is 8.33. The van der Waals surface area contributed by atoms with E-state index in [-0.39, 0.29) is 18.5 Å². The smallest absolute Gasteiger partial charge is 0.254 e. The molecule has 0 unspecified atom stereocenters. The van der Waals surface area contributed by atoms with E-state index in [1.807, 2.05) is 13.8 Å². The van der Waals surface area contributed by atoms with Crippen LogP contribution in [0, 0.1) is 0 Å². The standard InChI is InChI=1S/C9H14FN3O/c1-7(2)13-6-8(5-12-13)9(14)11-4-3-10/h5-7H,3-4H2,1-2H3,(H,11,14). The van der Waals surface area contributed by atoms with Crippen molar-refractivity contribution in [1.82, 2.24) is 15.1 Å². The lowest BCUT2D eigenvalue weighted by atomic mass is 10.3. The van der Waals surface area contributed by atoms with Gasteiger partial charge in [-0.1, -0.05) is 0 Å². The highest BCUT2D eigenvalue weighted by Gasteiger charge is 2.08. The van der Waals surface area contributed by atoms with Crippen LogP contribution in [0.1, 0.15) is 30.2 Å². The highest BCUT2D eigenvalue weighted by atomic mass is 19.1. The summed E-state index contributed by atoms with van der Waals surface area (Å²) in [5, 5.41) is 6.44. The van der Waals surface area contributed by atoms with Crippen LogP contribution in [0.2, 0.25) is 0 Å². The highest BCUT2D eigenvalue weighted by molar-refractivity contribution is 5.93. The molecule has 0 saturated carbocycles. The van der Waals surface area contributed by atoms with Crippen molar-refractivity contribution in [3.8, 4) is 0 Å². The van der Waals surface area contributed by atoms with E-state index < -0.39 is 6.67 Å². The molecule has 0 aliphatic heterocycles. The number of nitrogens with one attached hydrogen (secondary N) is 1. The molecule has 0 aliphatic carbocycles. The highest BCUT2D eigenvalue weighted by Crippen LogP contribution is 2.04. The number of amides is 1. The first kappa shape index (κ1) is 10.7. The van der Waals surface area contributed by atoms with E-state index in [1.165, 1.54) is 6.20 Å². The Morgan fingerprint density at radius 2 is 2.43 bits per heavy atom. The number of carbonyl (C=O) groups excluding carboxylic acids is 1. The van der Waals surface area contributed by atoms with Crippen LogP contribution >= 0.6 is 0 Å². The molecule has 0 spiro atoms. The molecule has 1 heterocycles. The topological polar surface area (TPSA) is 46.9 Å². The summed E-state index contributed by atoms with van der Waals surface area (Å²) in [5.74, 6) is -0.283. The van der Waals surface area contributed by atoms with Crippen LogP contribution < -0.4 is 5.32 Å². The van der Waals surface area contributed by atoms with Crippen molar-refractivity contribution in [2.75, 3.05) is 13.2 Å². The molecule has 0 radical (unpaired) electrons. The zero-order valence-electron chi connectivity index (χ0n) is 8.33. The summed E-state index contributed by atoms with van der Waals surface area (Å²) in [6.07, 6.45) is 3.13. The van der Waals surface area contributed by atoms with E-state index in [9.17, 15) is 9.18 Å². The third-order valence-corrected chi connectivity index (χ3v) is 1.77. The van der Waals surface area contributed by atoms with Crippen molar-refractivity contribution in [1.29, 1.82) is 0 Å². The largest absolute Gasteiger partial charge is 0.349 e. The summed E-state index contributed by atoms with van der Waals surface area (Å²) < 4.78 is 13.5. The van der Waals surface area contributed by atoms with Gasteiger partial charge in [0, 0.05) is 18.8 Å². The van der Waals surface area contributed by atoms with Crippen LogP contribution in [0.5, 0.6) is 0 Å². The van der Waals surface area contributed by atoms with E-state index in [0.717, 1.165) is 0 Å². The van der Waals surface area contributed by atoms with Gasteiger partial charge in [0.1, 0.15) is 6.67 Å². The van der Waals surface area contributed by atoms with Gasteiger partial charge in [-0.25, -0.2) is 4.39 Å². The maximum Gasteiger partial charge on any atom is 0.254 e. The molecule has 1 aromatic rings. The average molecular weight is 199 g/mol. The minimum atomic E-state index is -0.552. The van der Waals surface area contributed by atoms with Crippen molar-refractivity contribution >= 4 is 5.91 Å². The lowest BCUT2D eigenvalue weighted by molar-refractivity contribution is 0.0950. The molecule has 5 heteroatoms. The Morgan fingerprint density at radius 3 is 2.93 bits per heavy atom. The summed E-state index contributed by atoms with van der Waals surface area (Å²) in [7, 11) is 0. The van der Waals surface area contributed by atoms with E-state index in [1.54, 1.807) is 10.9 Å². The van der Waals surface area contributed by atoms with E-state index in [4.69, 9.17) is 0 Å². The SMILES string of the molecule is CC(C)n1cc(C(=O)NCCF)cn1. The molecule has 1 N–H and O–H groups in total. The van der Waals surface area contributed by atoms with Crippen LogP contribution in [0.15, 0.2) is 12.4 Å². The van der Waals surface area contributed by atoms with Gasteiger partial charge in [-0.2, -0.15) is 5.10 Å². The van der Waals surface area contributed by atoms with Gasteiger partial charge >= 0.3 is 0 Å². The lowest BCUT2D eigenvalue weighted by Crippen LogP contribution is -2.25. The number of carbonyl (C=O) groups is 1. The second-order valence-electron chi connectivity index (χ2n) is 3.25. The number of hydrogen-bond acceptors (Lipinski definition) is 2. The molecule has 0 atom stereocenters. The molecule has 78 valence electrons. The number of halogens is 1. The maximum atomic E-state index is 11.8. The van der Waals surface area contributed by atoms with Gasteiger partial charge in [0.15, 0.2) is 0 Å². The number of alkyl halides is 1. The predicted octanol–water partition coefficient (Wildman–Crippen LogP) is 1.16. The number of hydrogen-bond donors (Lipinski definition) is 1. The molecule has 0 aliphatic rings. The fraction of sp³-hybridized carbons (Fsp3) is 0.556. The van der Waals surface area contributed by atoms with Crippen LogP contribution in [-0.2, 0) is 0 Å². The van der Waals surface area contributed by atoms with Gasteiger partial charge in [-0.15, -0.1) is 0 Å². The van der Waals surface area contributed by atoms with E-state index in [2.05, 4.69) is 10.4 Å². The first-order valence-corrected chi connectivity index (χ1v) is 4.53. The quantitative estimate of drug-likeness (QED) is 0.791. The van der Waals surface area contributed by atoms with Crippen LogP contribution in [0.4, 0.5) is 4.39 Å². The number of nitrogens with zero attached hydrogens (tertiary/aromatic N) is 2. The fourth-order valence-corrected chi connectivity index (χ4v) is 1.00. The molecule has 1 aromatic heterocycles. The lowest BCUT2D eigenvalue weighted by Gasteiger charge is -2.03. The summed E-state index contributed by atoms with van der Waals surface area (Å²) >= 11 is 0. The van der Waals surface area contributed by atoms with Crippen molar-refractivity contribution in [3.05, 3.63) is 18.0 Å². The molecule has 14 heavy (non-hydrogen) atoms. The average Bonchev–Trinajstić information content (AvgIpc) is 2.62.